The van der Waals surface area contributed by atoms with Crippen molar-refractivity contribution in [3.8, 4) is 0 Å². The molecule has 1 saturated heterocycles. The molecule has 0 unspecified atom stereocenters. The summed E-state index contributed by atoms with van der Waals surface area (Å²) >= 11 is 0. The number of pyridine rings is 1. The molecular weight excluding hydrogens is 330 g/mol. The van der Waals surface area contributed by atoms with Crippen LogP contribution in [0.3, 0.4) is 0 Å². The first-order chi connectivity index (χ1) is 12.6. The van der Waals surface area contributed by atoms with E-state index in [2.05, 4.69) is 28.4 Å². The predicted molar refractivity (Wildman–Crippen MR) is 101 cm³/mol. The molecule has 7 nitrogen and oxygen atoms in total. The highest BCUT2D eigenvalue weighted by Crippen LogP contribution is 2.33. The van der Waals surface area contributed by atoms with Crippen LogP contribution in [-0.4, -0.2) is 40.9 Å². The van der Waals surface area contributed by atoms with E-state index < -0.39 is 0 Å². The molecule has 1 fully saturated rings. The second-order valence-corrected chi connectivity index (χ2v) is 6.63. The van der Waals surface area contributed by atoms with Crippen molar-refractivity contribution in [3.63, 3.8) is 0 Å². The third kappa shape index (κ3) is 4.04. The molecule has 2 aromatic heterocycles. The van der Waals surface area contributed by atoms with Gasteiger partial charge in [0.25, 0.3) is 0 Å². The quantitative estimate of drug-likeness (QED) is 0.861. The van der Waals surface area contributed by atoms with Crippen LogP contribution in [0.15, 0.2) is 30.6 Å². The molecule has 0 radical (unpaired) electrons. The second-order valence-electron chi connectivity index (χ2n) is 6.63. The summed E-state index contributed by atoms with van der Waals surface area (Å²) in [5, 5.41) is 7.84. The number of rotatable bonds is 6. The predicted octanol–water partition coefficient (Wildman–Crippen LogP) is 2.86. The lowest BCUT2D eigenvalue weighted by atomic mass is 9.92. The minimum atomic E-state index is -0.0343. The fourth-order valence-electron chi connectivity index (χ4n) is 3.33. The third-order valence-electron chi connectivity index (χ3n) is 4.92. The first-order valence-electron chi connectivity index (χ1n) is 9.17. The zero-order valence-corrected chi connectivity index (χ0v) is 15.7. The lowest BCUT2D eigenvalue weighted by molar-refractivity contribution is -0.116. The molecule has 2 atom stereocenters. The van der Waals surface area contributed by atoms with E-state index in [9.17, 15) is 4.79 Å². The van der Waals surface area contributed by atoms with Gasteiger partial charge in [0.05, 0.1) is 17.6 Å². The third-order valence-corrected chi connectivity index (χ3v) is 4.92. The van der Waals surface area contributed by atoms with E-state index in [-0.39, 0.29) is 12.0 Å². The molecule has 1 N–H and O–H groups in total. The smallest absolute Gasteiger partial charge is 0.224 e. The molecule has 0 aliphatic carbocycles. The summed E-state index contributed by atoms with van der Waals surface area (Å²) in [6.07, 6.45) is 5.86. The van der Waals surface area contributed by atoms with Crippen molar-refractivity contribution in [1.29, 1.82) is 0 Å². The summed E-state index contributed by atoms with van der Waals surface area (Å²) in [4.78, 5) is 17.3. The molecule has 0 bridgehead atoms. The van der Waals surface area contributed by atoms with Crippen molar-refractivity contribution >= 4 is 17.4 Å². The maximum atomic E-state index is 11.4. The Morgan fingerprint density at radius 1 is 1.42 bits per heavy atom. The van der Waals surface area contributed by atoms with Crippen LogP contribution in [0.25, 0.3) is 0 Å². The van der Waals surface area contributed by atoms with E-state index in [0.29, 0.717) is 11.7 Å². The molecule has 0 aromatic carbocycles. The number of aromatic nitrogens is 3. The summed E-state index contributed by atoms with van der Waals surface area (Å²) < 4.78 is 8.09. The van der Waals surface area contributed by atoms with E-state index in [1.54, 1.807) is 13.2 Å². The molecule has 26 heavy (non-hydrogen) atoms. The van der Waals surface area contributed by atoms with E-state index in [0.717, 1.165) is 43.9 Å². The van der Waals surface area contributed by atoms with Crippen LogP contribution in [0.4, 0.5) is 11.5 Å². The minimum Gasteiger partial charge on any atom is -0.383 e. The van der Waals surface area contributed by atoms with Crippen LogP contribution in [0, 0.1) is 5.92 Å². The summed E-state index contributed by atoms with van der Waals surface area (Å²) in [7, 11) is 1.72. The number of carbonyl (C=O) groups is 1. The summed E-state index contributed by atoms with van der Waals surface area (Å²) in [6.45, 7) is 6.07. The highest BCUT2D eigenvalue weighted by atomic mass is 16.5. The van der Waals surface area contributed by atoms with Gasteiger partial charge in [-0.05, 0) is 38.0 Å². The Balaban J connectivity index is 1.64. The van der Waals surface area contributed by atoms with Gasteiger partial charge in [-0.1, -0.05) is 0 Å². The standard InChI is InChI=1S/C19H27N5O2/c1-4-24-17(9-10-22-24)19-15(6-5-11-26-19)12-20-16-7-8-18(21-13-16)23(3)14(2)25/h7-10,13,15,19-20H,4-6,11-12H2,1-3H3/t15-,19+/m0/s1. The first kappa shape index (κ1) is 18.4. The fraction of sp³-hybridized carbons (Fsp3) is 0.526. The van der Waals surface area contributed by atoms with Crippen LogP contribution in [-0.2, 0) is 16.1 Å². The Kier molecular flexibility index (Phi) is 5.88. The molecule has 140 valence electrons. The van der Waals surface area contributed by atoms with Crippen LogP contribution >= 0.6 is 0 Å². The van der Waals surface area contributed by atoms with E-state index in [1.807, 2.05) is 23.0 Å². The first-order valence-corrected chi connectivity index (χ1v) is 9.17. The number of carbonyl (C=O) groups excluding carboxylic acids is 1. The number of nitrogens with zero attached hydrogens (tertiary/aromatic N) is 4. The number of nitrogens with one attached hydrogen (secondary N) is 1. The van der Waals surface area contributed by atoms with Gasteiger partial charge in [0.15, 0.2) is 0 Å². The Labute approximate surface area is 154 Å². The van der Waals surface area contributed by atoms with Gasteiger partial charge < -0.3 is 15.0 Å². The van der Waals surface area contributed by atoms with Crippen molar-refractivity contribution in [3.05, 3.63) is 36.3 Å². The number of hydrogen-bond acceptors (Lipinski definition) is 5. The SMILES string of the molecule is CCn1nccc1[C@@H]1OCCC[C@H]1CNc1ccc(N(C)C(C)=O)nc1. The van der Waals surface area contributed by atoms with Crippen LogP contribution in [0.2, 0.25) is 0 Å². The Bertz CT molecular complexity index is 728. The molecule has 2 aromatic rings. The van der Waals surface area contributed by atoms with Crippen molar-refractivity contribution < 1.29 is 9.53 Å². The molecule has 1 aliphatic heterocycles. The van der Waals surface area contributed by atoms with Crippen LogP contribution in [0.5, 0.6) is 0 Å². The second kappa shape index (κ2) is 8.31. The van der Waals surface area contributed by atoms with Gasteiger partial charge in [0.2, 0.25) is 5.91 Å². The van der Waals surface area contributed by atoms with Gasteiger partial charge in [-0.2, -0.15) is 5.10 Å². The van der Waals surface area contributed by atoms with Crippen molar-refractivity contribution in [1.82, 2.24) is 14.8 Å². The average Bonchev–Trinajstić information content (AvgIpc) is 3.15. The van der Waals surface area contributed by atoms with Gasteiger partial charge in [-0.3, -0.25) is 9.48 Å². The van der Waals surface area contributed by atoms with Gasteiger partial charge in [-0.25, -0.2) is 4.98 Å². The maximum Gasteiger partial charge on any atom is 0.224 e. The van der Waals surface area contributed by atoms with Gasteiger partial charge in [0.1, 0.15) is 11.9 Å². The molecule has 1 amide bonds. The molecule has 3 rings (SSSR count). The normalized spacial score (nSPS) is 20.0. The number of hydrogen-bond donors (Lipinski definition) is 1. The van der Waals surface area contributed by atoms with E-state index >= 15 is 0 Å². The number of anilines is 2. The lowest BCUT2D eigenvalue weighted by Crippen LogP contribution is -2.30. The van der Waals surface area contributed by atoms with E-state index in [1.165, 1.54) is 11.8 Å². The van der Waals surface area contributed by atoms with Gasteiger partial charge in [-0.15, -0.1) is 0 Å². The molecule has 7 heteroatoms. The summed E-state index contributed by atoms with van der Waals surface area (Å²) in [5.41, 5.74) is 2.09. The average molecular weight is 357 g/mol. The monoisotopic (exact) mass is 357 g/mol. The molecular formula is C19H27N5O2. The fourth-order valence-corrected chi connectivity index (χ4v) is 3.33. The van der Waals surface area contributed by atoms with Crippen LogP contribution in [0.1, 0.15) is 38.5 Å². The largest absolute Gasteiger partial charge is 0.383 e. The van der Waals surface area contributed by atoms with Gasteiger partial charge in [0, 0.05) is 45.8 Å². The van der Waals surface area contributed by atoms with Crippen LogP contribution < -0.4 is 10.2 Å². The molecule has 1 aliphatic rings. The van der Waals surface area contributed by atoms with Crippen molar-refractivity contribution in [2.75, 3.05) is 30.4 Å². The number of aryl methyl sites for hydroxylation is 1. The zero-order valence-electron chi connectivity index (χ0n) is 15.7. The maximum absolute atomic E-state index is 11.4. The summed E-state index contributed by atoms with van der Waals surface area (Å²) in [6, 6.07) is 5.86. The number of amides is 1. The molecule has 0 saturated carbocycles. The Morgan fingerprint density at radius 2 is 2.27 bits per heavy atom. The van der Waals surface area contributed by atoms with Gasteiger partial charge >= 0.3 is 0 Å². The molecule has 3 heterocycles. The van der Waals surface area contributed by atoms with Crippen molar-refractivity contribution in [2.24, 2.45) is 5.92 Å². The lowest BCUT2D eigenvalue weighted by Gasteiger charge is -2.32. The summed E-state index contributed by atoms with van der Waals surface area (Å²) in [5.74, 6) is 0.993. The Hall–Kier alpha value is -2.41. The van der Waals surface area contributed by atoms with Crippen molar-refractivity contribution in [2.45, 2.75) is 39.3 Å². The highest BCUT2D eigenvalue weighted by molar-refractivity contribution is 5.89. The topological polar surface area (TPSA) is 72.3 Å². The zero-order chi connectivity index (χ0) is 18.5. The van der Waals surface area contributed by atoms with E-state index in [4.69, 9.17) is 4.74 Å². The Morgan fingerprint density at radius 3 is 2.96 bits per heavy atom. The number of ether oxygens (including phenoxy) is 1. The minimum absolute atomic E-state index is 0.0343. The molecule has 0 spiro atoms. The highest BCUT2D eigenvalue weighted by Gasteiger charge is 2.29.